The number of amides is 1. The van der Waals surface area contributed by atoms with E-state index < -0.39 is 11.6 Å². The average molecular weight is 363 g/mol. The summed E-state index contributed by atoms with van der Waals surface area (Å²) in [5.74, 6) is -1.62. The van der Waals surface area contributed by atoms with E-state index in [1.165, 1.54) is 12.1 Å². The van der Waals surface area contributed by atoms with Crippen molar-refractivity contribution < 1.29 is 13.6 Å². The molecule has 1 amide bonds. The fourth-order valence-electron chi connectivity index (χ4n) is 3.85. The molecule has 136 valence electrons. The summed E-state index contributed by atoms with van der Waals surface area (Å²) >= 11 is 0. The van der Waals surface area contributed by atoms with Crippen LogP contribution in [-0.2, 0) is 6.42 Å². The minimum atomic E-state index is -0.835. The molecule has 27 heavy (non-hydrogen) atoms. The molecule has 4 rings (SSSR count). The van der Waals surface area contributed by atoms with Crippen molar-refractivity contribution in [3.63, 3.8) is 0 Å². The summed E-state index contributed by atoms with van der Waals surface area (Å²) in [7, 11) is 0. The first-order valence-electron chi connectivity index (χ1n) is 9.00. The van der Waals surface area contributed by atoms with Crippen molar-refractivity contribution in [2.75, 3.05) is 0 Å². The standard InChI is InChI=1S/C23H19F2NO/c24-20-11-10-15(13-21(20)25)12-17-14-22(19-9-5-4-8-18(17)19)26-23(27)16-6-2-1-3-7-16/h1-11,13,17,22H,12,14H2,(H,26,27)/t17-,22+/m1/s1. The third-order valence-electron chi connectivity index (χ3n) is 5.14. The molecule has 0 aliphatic heterocycles. The van der Waals surface area contributed by atoms with Gasteiger partial charge in [0.2, 0.25) is 0 Å². The van der Waals surface area contributed by atoms with E-state index in [9.17, 15) is 13.6 Å². The molecule has 0 aromatic heterocycles. The van der Waals surface area contributed by atoms with E-state index in [0.717, 1.165) is 23.1 Å². The third-order valence-corrected chi connectivity index (χ3v) is 5.14. The molecule has 1 N–H and O–H groups in total. The maximum atomic E-state index is 13.6. The average Bonchev–Trinajstić information content (AvgIpc) is 3.03. The molecule has 2 nitrogen and oxygen atoms in total. The number of rotatable bonds is 4. The molecule has 1 aliphatic rings. The molecule has 0 radical (unpaired) electrons. The lowest BCUT2D eigenvalue weighted by molar-refractivity contribution is 0.0936. The molecular weight excluding hydrogens is 344 g/mol. The number of benzene rings is 3. The summed E-state index contributed by atoms with van der Waals surface area (Å²) in [6.07, 6.45) is 1.34. The summed E-state index contributed by atoms with van der Waals surface area (Å²) in [4.78, 5) is 12.6. The Kier molecular flexibility index (Phi) is 4.71. The quantitative estimate of drug-likeness (QED) is 0.681. The Hall–Kier alpha value is -3.01. The monoisotopic (exact) mass is 363 g/mol. The van der Waals surface area contributed by atoms with Crippen molar-refractivity contribution in [3.05, 3.63) is 107 Å². The van der Waals surface area contributed by atoms with Gasteiger partial charge in [-0.15, -0.1) is 0 Å². The van der Waals surface area contributed by atoms with Gasteiger partial charge in [0.15, 0.2) is 11.6 Å². The predicted molar refractivity (Wildman–Crippen MR) is 101 cm³/mol. The minimum Gasteiger partial charge on any atom is -0.345 e. The highest BCUT2D eigenvalue weighted by Gasteiger charge is 2.31. The molecule has 0 unspecified atom stereocenters. The first-order chi connectivity index (χ1) is 13.1. The van der Waals surface area contributed by atoms with E-state index in [1.54, 1.807) is 18.2 Å². The molecule has 4 heteroatoms. The highest BCUT2D eigenvalue weighted by atomic mass is 19.2. The maximum Gasteiger partial charge on any atom is 0.251 e. The van der Waals surface area contributed by atoms with Gasteiger partial charge in [0, 0.05) is 5.56 Å². The number of hydrogen-bond donors (Lipinski definition) is 1. The maximum absolute atomic E-state index is 13.6. The minimum absolute atomic E-state index is 0.0933. The third kappa shape index (κ3) is 3.61. The van der Waals surface area contributed by atoms with Gasteiger partial charge in [0.05, 0.1) is 6.04 Å². The summed E-state index contributed by atoms with van der Waals surface area (Å²) in [5, 5.41) is 3.11. The van der Waals surface area contributed by atoms with Crippen LogP contribution in [0.5, 0.6) is 0 Å². The normalized spacial score (nSPS) is 18.1. The summed E-state index contributed by atoms with van der Waals surface area (Å²) < 4.78 is 26.7. The van der Waals surface area contributed by atoms with Crippen molar-refractivity contribution in [1.29, 1.82) is 0 Å². The molecule has 0 heterocycles. The Morgan fingerprint density at radius 1 is 0.889 bits per heavy atom. The van der Waals surface area contributed by atoms with Gasteiger partial charge in [0.25, 0.3) is 5.91 Å². The molecule has 0 bridgehead atoms. The molecule has 2 atom stereocenters. The number of nitrogens with one attached hydrogen (secondary N) is 1. The van der Waals surface area contributed by atoms with Crippen molar-refractivity contribution in [1.82, 2.24) is 5.32 Å². The summed E-state index contributed by atoms with van der Waals surface area (Å²) in [6, 6.07) is 21.1. The fourth-order valence-corrected chi connectivity index (χ4v) is 3.85. The largest absolute Gasteiger partial charge is 0.345 e. The zero-order valence-electron chi connectivity index (χ0n) is 14.7. The predicted octanol–water partition coefficient (Wildman–Crippen LogP) is 5.17. The van der Waals surface area contributed by atoms with Crippen LogP contribution in [0.3, 0.4) is 0 Å². The van der Waals surface area contributed by atoms with Gasteiger partial charge >= 0.3 is 0 Å². The van der Waals surface area contributed by atoms with Gasteiger partial charge in [0.1, 0.15) is 0 Å². The van der Waals surface area contributed by atoms with Crippen molar-refractivity contribution in [2.45, 2.75) is 24.8 Å². The van der Waals surface area contributed by atoms with Crippen molar-refractivity contribution >= 4 is 5.91 Å². The molecule has 0 saturated heterocycles. The Bertz CT molecular complexity index is 971. The van der Waals surface area contributed by atoms with Crippen LogP contribution in [0.2, 0.25) is 0 Å². The molecule has 0 fully saturated rings. The lowest BCUT2D eigenvalue weighted by atomic mass is 9.93. The van der Waals surface area contributed by atoms with Gasteiger partial charge in [-0.05, 0) is 59.7 Å². The SMILES string of the molecule is O=C(N[C@H]1C[C@@H](Cc2ccc(F)c(F)c2)c2ccccc21)c1ccccc1. The first kappa shape index (κ1) is 17.4. The second-order valence-electron chi connectivity index (χ2n) is 6.91. The van der Waals surface area contributed by atoms with Crippen LogP contribution in [0.1, 0.15) is 45.4 Å². The van der Waals surface area contributed by atoms with Gasteiger partial charge in [-0.2, -0.15) is 0 Å². The summed E-state index contributed by atoms with van der Waals surface area (Å²) in [6.45, 7) is 0. The number of halogens is 2. The highest BCUT2D eigenvalue weighted by molar-refractivity contribution is 5.94. The Labute approximate surface area is 156 Å². The van der Waals surface area contributed by atoms with Crippen LogP contribution < -0.4 is 5.32 Å². The zero-order chi connectivity index (χ0) is 18.8. The molecule has 0 saturated carbocycles. The van der Waals surface area contributed by atoms with Crippen LogP contribution in [0.25, 0.3) is 0 Å². The van der Waals surface area contributed by atoms with Gasteiger partial charge in [-0.25, -0.2) is 8.78 Å². The van der Waals surface area contributed by atoms with Crippen LogP contribution in [0, 0.1) is 11.6 Å². The van der Waals surface area contributed by atoms with Crippen LogP contribution in [0.4, 0.5) is 8.78 Å². The van der Waals surface area contributed by atoms with E-state index in [4.69, 9.17) is 0 Å². The number of carbonyl (C=O) groups excluding carboxylic acids is 1. The van der Waals surface area contributed by atoms with Crippen LogP contribution in [-0.4, -0.2) is 5.91 Å². The van der Waals surface area contributed by atoms with Crippen LogP contribution in [0.15, 0.2) is 72.8 Å². The Morgan fingerprint density at radius 3 is 2.33 bits per heavy atom. The Balaban J connectivity index is 1.55. The van der Waals surface area contributed by atoms with E-state index in [-0.39, 0.29) is 17.9 Å². The van der Waals surface area contributed by atoms with Gasteiger partial charge in [-0.3, -0.25) is 4.79 Å². The summed E-state index contributed by atoms with van der Waals surface area (Å²) in [5.41, 5.74) is 3.62. The first-order valence-corrected chi connectivity index (χ1v) is 9.00. The number of fused-ring (bicyclic) bond motifs is 1. The highest BCUT2D eigenvalue weighted by Crippen LogP contribution is 2.42. The molecular formula is C23H19F2NO. The second-order valence-corrected chi connectivity index (χ2v) is 6.91. The zero-order valence-corrected chi connectivity index (χ0v) is 14.7. The lowest BCUT2D eigenvalue weighted by Crippen LogP contribution is -2.27. The molecule has 1 aliphatic carbocycles. The van der Waals surface area contributed by atoms with Gasteiger partial charge in [-0.1, -0.05) is 48.5 Å². The second kappa shape index (κ2) is 7.31. The fraction of sp³-hybridized carbons (Fsp3) is 0.174. The molecule has 0 spiro atoms. The van der Waals surface area contributed by atoms with Crippen LogP contribution >= 0.6 is 0 Å². The molecule has 3 aromatic carbocycles. The van der Waals surface area contributed by atoms with E-state index in [0.29, 0.717) is 12.0 Å². The smallest absolute Gasteiger partial charge is 0.251 e. The van der Waals surface area contributed by atoms with Crippen molar-refractivity contribution in [2.24, 2.45) is 0 Å². The number of carbonyl (C=O) groups is 1. The van der Waals surface area contributed by atoms with E-state index in [2.05, 4.69) is 11.4 Å². The van der Waals surface area contributed by atoms with E-state index >= 15 is 0 Å². The van der Waals surface area contributed by atoms with Crippen molar-refractivity contribution in [3.8, 4) is 0 Å². The topological polar surface area (TPSA) is 29.1 Å². The Morgan fingerprint density at radius 2 is 1.59 bits per heavy atom. The number of hydrogen-bond acceptors (Lipinski definition) is 1. The molecule has 3 aromatic rings. The van der Waals surface area contributed by atoms with Gasteiger partial charge < -0.3 is 5.32 Å². The lowest BCUT2D eigenvalue weighted by Gasteiger charge is -2.15. The van der Waals surface area contributed by atoms with E-state index in [1.807, 2.05) is 36.4 Å².